The summed E-state index contributed by atoms with van der Waals surface area (Å²) in [7, 11) is 0. The van der Waals surface area contributed by atoms with Crippen LogP contribution in [-0.2, 0) is 13.2 Å². The van der Waals surface area contributed by atoms with Crippen molar-refractivity contribution in [1.82, 2.24) is 0 Å². The monoisotopic (exact) mass is 350 g/mol. The molecule has 64 valence electrons. The number of benzene rings is 2. The van der Waals surface area contributed by atoms with Crippen molar-refractivity contribution in [3.63, 3.8) is 0 Å². The smallest absolute Gasteiger partial charge is 0.0184 e. The van der Waals surface area contributed by atoms with E-state index in [9.17, 15) is 0 Å². The molecule has 0 nitrogen and oxygen atoms in total. The van der Waals surface area contributed by atoms with E-state index < -0.39 is 0 Å². The molecule has 0 amide bonds. The molecule has 0 atom stereocenters. The van der Waals surface area contributed by atoms with Gasteiger partial charge in [-0.05, 0) is 10.8 Å². The third-order valence-corrected chi connectivity index (χ3v) is 1.66. The van der Waals surface area contributed by atoms with Crippen molar-refractivity contribution in [3.8, 4) is 0 Å². The first kappa shape index (κ1) is 11.4. The van der Waals surface area contributed by atoms with Crippen molar-refractivity contribution in [2.45, 2.75) is 0 Å². The van der Waals surface area contributed by atoms with Gasteiger partial charge in [-0.2, -0.15) is 0 Å². The SMILES string of the molecule is [Br][Zn][Br].c1ccc2ccccc2c1. The molecule has 2 aromatic carbocycles. The van der Waals surface area contributed by atoms with Gasteiger partial charge in [0.25, 0.3) is 0 Å². The third kappa shape index (κ3) is 3.89. The Kier molecular flexibility index (Phi) is 5.85. The fourth-order valence-corrected chi connectivity index (χ4v) is 1.13. The zero-order chi connectivity index (χ0) is 9.52. The van der Waals surface area contributed by atoms with Crippen molar-refractivity contribution >= 4 is 38.0 Å². The molecule has 13 heavy (non-hydrogen) atoms. The molecule has 2 aromatic rings. The van der Waals surface area contributed by atoms with E-state index in [1.54, 1.807) is 0 Å². The van der Waals surface area contributed by atoms with Crippen molar-refractivity contribution in [2.24, 2.45) is 0 Å². The molecule has 0 N–H and O–H groups in total. The van der Waals surface area contributed by atoms with E-state index in [1.165, 1.54) is 10.8 Å². The van der Waals surface area contributed by atoms with E-state index in [4.69, 9.17) is 0 Å². The summed E-state index contributed by atoms with van der Waals surface area (Å²) in [4.78, 5) is 0. The zero-order valence-electron chi connectivity index (χ0n) is 7.08. The molecule has 0 spiro atoms. The number of halogens is 2. The second-order valence-corrected chi connectivity index (χ2v) is 16.5. The summed E-state index contributed by atoms with van der Waals surface area (Å²) in [6.45, 7) is 0. The molecule has 0 saturated heterocycles. The van der Waals surface area contributed by atoms with Gasteiger partial charge < -0.3 is 0 Å². The van der Waals surface area contributed by atoms with Crippen LogP contribution in [0.1, 0.15) is 0 Å². The molecule has 0 aromatic heterocycles. The molecule has 0 aliphatic rings. The van der Waals surface area contributed by atoms with Gasteiger partial charge in [-0.1, -0.05) is 48.5 Å². The fraction of sp³-hybridized carbons (Fsp3) is 0. The summed E-state index contributed by atoms with van der Waals surface area (Å²) in [6.07, 6.45) is 0. The van der Waals surface area contributed by atoms with E-state index in [-0.39, 0.29) is 13.2 Å². The molecule has 3 heteroatoms. The van der Waals surface area contributed by atoms with E-state index in [0.29, 0.717) is 0 Å². The van der Waals surface area contributed by atoms with Crippen LogP contribution in [0.15, 0.2) is 48.5 Å². The summed E-state index contributed by atoms with van der Waals surface area (Å²) in [6, 6.07) is 16.7. The van der Waals surface area contributed by atoms with Crippen molar-refractivity contribution in [2.75, 3.05) is 0 Å². The number of fused-ring (bicyclic) bond motifs is 1. The van der Waals surface area contributed by atoms with Crippen molar-refractivity contribution in [1.29, 1.82) is 0 Å². The summed E-state index contributed by atoms with van der Waals surface area (Å²) in [5.41, 5.74) is 0. The van der Waals surface area contributed by atoms with Gasteiger partial charge in [0.15, 0.2) is 0 Å². The number of rotatable bonds is 0. The minimum Gasteiger partial charge on any atom is -0.0616 e. The first-order valence-corrected chi connectivity index (χ1v) is 17.8. The number of hydrogen-bond acceptors (Lipinski definition) is 0. The predicted molar refractivity (Wildman–Crippen MR) is 61.8 cm³/mol. The topological polar surface area (TPSA) is 0 Å². The van der Waals surface area contributed by atoms with Gasteiger partial charge in [0, 0.05) is 0 Å². The normalized spacial score (nSPS) is 8.46. The largest absolute Gasteiger partial charge is 0.0616 e. The van der Waals surface area contributed by atoms with Gasteiger partial charge in [-0.3, -0.25) is 0 Å². The van der Waals surface area contributed by atoms with Gasteiger partial charge in [-0.25, -0.2) is 0 Å². The summed E-state index contributed by atoms with van der Waals surface area (Å²) in [5.74, 6) is 0. The molecule has 0 aliphatic heterocycles. The van der Waals surface area contributed by atoms with E-state index in [2.05, 4.69) is 75.8 Å². The Labute approximate surface area is 99.0 Å². The van der Waals surface area contributed by atoms with Crippen LogP contribution in [0, 0.1) is 0 Å². The minimum atomic E-state index is -0.250. The van der Waals surface area contributed by atoms with Crippen LogP contribution in [0.4, 0.5) is 0 Å². The molecule has 0 unspecified atom stereocenters. The Balaban J connectivity index is 0.000000251. The van der Waals surface area contributed by atoms with Gasteiger partial charge in [-0.15, -0.1) is 0 Å². The molecule has 0 radical (unpaired) electrons. The van der Waals surface area contributed by atoms with Crippen LogP contribution < -0.4 is 0 Å². The predicted octanol–water partition coefficient (Wildman–Crippen LogP) is 4.53. The fourth-order valence-electron chi connectivity index (χ4n) is 1.13. The van der Waals surface area contributed by atoms with Crippen LogP contribution in [0.25, 0.3) is 10.8 Å². The molecule has 0 bridgehead atoms. The van der Waals surface area contributed by atoms with Crippen molar-refractivity contribution < 1.29 is 13.2 Å². The summed E-state index contributed by atoms with van der Waals surface area (Å²) >= 11 is 6.25. The van der Waals surface area contributed by atoms with Crippen LogP contribution in [0.2, 0.25) is 0 Å². The molecule has 0 fully saturated rings. The Bertz CT molecular complexity index is 297. The Morgan fingerprint density at radius 3 is 1.15 bits per heavy atom. The third-order valence-electron chi connectivity index (χ3n) is 1.66. The zero-order valence-corrected chi connectivity index (χ0v) is 13.2. The van der Waals surface area contributed by atoms with E-state index >= 15 is 0 Å². The standard InChI is InChI=1S/C10H8.2BrH.Zn/c1-2-6-10-8-4-3-7-9(10)5-1;;;/h1-8H;2*1H;/q;;;+2/p-2. The van der Waals surface area contributed by atoms with Gasteiger partial charge >= 0.3 is 40.5 Å². The maximum absolute atomic E-state index is 3.25. The van der Waals surface area contributed by atoms with Crippen LogP contribution >= 0.6 is 27.2 Å². The average Bonchev–Trinajstić information content (AvgIpc) is 2.19. The van der Waals surface area contributed by atoms with Gasteiger partial charge in [0.1, 0.15) is 0 Å². The minimum absolute atomic E-state index is 0.250. The molecule has 0 saturated carbocycles. The molecule has 2 rings (SSSR count). The van der Waals surface area contributed by atoms with E-state index in [0.717, 1.165) is 0 Å². The number of hydrogen-bond donors (Lipinski definition) is 0. The van der Waals surface area contributed by atoms with Gasteiger partial charge in [0.2, 0.25) is 0 Å². The van der Waals surface area contributed by atoms with Crippen LogP contribution in [0.5, 0.6) is 0 Å². The first-order chi connectivity index (χ1) is 6.38. The Morgan fingerprint density at radius 1 is 0.692 bits per heavy atom. The van der Waals surface area contributed by atoms with Gasteiger partial charge in [0.05, 0.1) is 0 Å². The van der Waals surface area contributed by atoms with Crippen LogP contribution in [0.3, 0.4) is 0 Å². The molecular weight excluding hydrogens is 345 g/mol. The quantitative estimate of drug-likeness (QED) is 0.611. The summed E-state index contributed by atoms with van der Waals surface area (Å²) < 4.78 is 0. The summed E-state index contributed by atoms with van der Waals surface area (Å²) in [5, 5.41) is 2.62. The molecule has 0 heterocycles. The maximum Gasteiger partial charge on any atom is -0.0184 e. The maximum atomic E-state index is 3.25. The second kappa shape index (κ2) is 6.70. The second-order valence-electron chi connectivity index (χ2n) is 2.45. The van der Waals surface area contributed by atoms with E-state index in [1.807, 2.05) is 0 Å². The van der Waals surface area contributed by atoms with Crippen molar-refractivity contribution in [3.05, 3.63) is 48.5 Å². The Morgan fingerprint density at radius 2 is 0.923 bits per heavy atom. The Hall–Kier alpha value is 0.283. The molecular formula is C10H8Br2Zn. The van der Waals surface area contributed by atoms with Crippen LogP contribution in [-0.4, -0.2) is 0 Å². The average molecular weight is 353 g/mol. The molecule has 0 aliphatic carbocycles. The first-order valence-electron chi connectivity index (χ1n) is 3.94.